The first-order chi connectivity index (χ1) is 19.1. The van der Waals surface area contributed by atoms with E-state index in [1.54, 1.807) is 38.1 Å². The molecule has 1 saturated carbocycles. The molecule has 1 aromatic carbocycles. The van der Waals surface area contributed by atoms with Crippen molar-refractivity contribution in [3.05, 3.63) is 35.9 Å². The lowest BCUT2D eigenvalue weighted by atomic mass is 9.70. The van der Waals surface area contributed by atoms with Crippen molar-refractivity contribution in [2.24, 2.45) is 23.2 Å². The molecule has 0 aromatic heterocycles. The van der Waals surface area contributed by atoms with Crippen LogP contribution >= 0.6 is 0 Å². The number of aliphatic hydroxyl groups is 2. The summed E-state index contributed by atoms with van der Waals surface area (Å²) in [5, 5.41) is 23.7. The van der Waals surface area contributed by atoms with Crippen molar-refractivity contribution < 1.29 is 48.3 Å². The number of hydrogen-bond acceptors (Lipinski definition) is 10. The van der Waals surface area contributed by atoms with E-state index in [1.165, 1.54) is 13.8 Å². The number of carbonyl (C=O) groups excluding carboxylic acids is 3. The highest BCUT2D eigenvalue weighted by molar-refractivity contribution is 5.89. The monoisotopic (exact) mass is 574 g/mol. The number of fused-ring (bicyclic) bond motifs is 3. The van der Waals surface area contributed by atoms with Crippen molar-refractivity contribution in [1.29, 1.82) is 0 Å². The van der Waals surface area contributed by atoms with Gasteiger partial charge in [-0.3, -0.25) is 9.59 Å². The Morgan fingerprint density at radius 1 is 0.878 bits per heavy atom. The summed E-state index contributed by atoms with van der Waals surface area (Å²) in [6, 6.07) is 8.68. The molecular formula is C31H42O10. The SMILES string of the molecule is CC(=O)O[C@@H]1C[C@@H](OC(C)=O)[C@@]2(C)O[C@@H]2[C@H]2[C@@H](OC(=O)c3ccccc3)[C@@H](C)C[C@@]23O[C@H]([C@H](C)[C@@H]3O)[C@H](O)C1(C)C. The summed E-state index contributed by atoms with van der Waals surface area (Å²) in [5.41, 5.74) is -2.92. The van der Waals surface area contributed by atoms with Crippen LogP contribution in [-0.2, 0) is 33.3 Å². The normalized spacial score (nSPS) is 44.5. The molecule has 226 valence electrons. The molecule has 4 fully saturated rings. The Hall–Kier alpha value is -2.53. The Morgan fingerprint density at radius 3 is 2.10 bits per heavy atom. The Bertz CT molecular complexity index is 1180. The van der Waals surface area contributed by atoms with Gasteiger partial charge in [0.15, 0.2) is 0 Å². The van der Waals surface area contributed by atoms with Crippen LogP contribution in [0.5, 0.6) is 0 Å². The smallest absolute Gasteiger partial charge is 0.338 e. The molecule has 5 rings (SSSR count). The van der Waals surface area contributed by atoms with Gasteiger partial charge in [0.2, 0.25) is 0 Å². The fourth-order valence-corrected chi connectivity index (χ4v) is 7.66. The summed E-state index contributed by atoms with van der Waals surface area (Å²) in [6.07, 6.45) is -5.58. The van der Waals surface area contributed by atoms with Gasteiger partial charge in [-0.1, -0.05) is 45.9 Å². The van der Waals surface area contributed by atoms with Crippen molar-refractivity contribution in [1.82, 2.24) is 0 Å². The molecule has 10 nitrogen and oxygen atoms in total. The van der Waals surface area contributed by atoms with Crippen molar-refractivity contribution >= 4 is 17.9 Å². The average Bonchev–Trinajstić information content (AvgIpc) is 3.42. The lowest BCUT2D eigenvalue weighted by Gasteiger charge is -2.42. The molecule has 0 unspecified atom stereocenters. The number of hydrogen-bond donors (Lipinski definition) is 2. The molecule has 12 atom stereocenters. The zero-order valence-electron chi connectivity index (χ0n) is 24.7. The van der Waals surface area contributed by atoms with Crippen molar-refractivity contribution in [2.45, 2.75) is 115 Å². The minimum atomic E-state index is -1.20. The van der Waals surface area contributed by atoms with E-state index in [0.717, 1.165) is 0 Å². The number of benzene rings is 1. The molecule has 4 aliphatic rings. The van der Waals surface area contributed by atoms with Gasteiger partial charge in [0.25, 0.3) is 0 Å². The van der Waals surface area contributed by atoms with E-state index in [9.17, 15) is 24.6 Å². The van der Waals surface area contributed by atoms with Crippen molar-refractivity contribution in [3.63, 3.8) is 0 Å². The Balaban J connectivity index is 1.61. The number of aliphatic hydroxyl groups excluding tert-OH is 2. The predicted octanol–water partition coefficient (Wildman–Crippen LogP) is 2.81. The standard InChI is InChI=1S/C31H42O10/c1-15-14-31-22(23(15)39-28(36)19-11-9-8-10-12-19)27-30(7,41-27)21(38-18(4)33)13-20(37-17(3)32)29(5,6)26(35)24(40-31)16(2)25(31)34/h8-12,15-16,20-27,34-35H,13-14H2,1-7H3/t15-,16-,20+,21+,22+,23-,24+,25-,26-,27+,30+,31+/m0/s1. The van der Waals surface area contributed by atoms with Crippen LogP contribution in [0, 0.1) is 23.2 Å². The molecule has 0 radical (unpaired) electrons. The topological polar surface area (TPSA) is 141 Å². The maximum absolute atomic E-state index is 13.3. The van der Waals surface area contributed by atoms with Gasteiger partial charge in [-0.15, -0.1) is 0 Å². The average molecular weight is 575 g/mol. The fourth-order valence-electron chi connectivity index (χ4n) is 7.66. The van der Waals surface area contributed by atoms with E-state index in [0.29, 0.717) is 12.0 Å². The summed E-state index contributed by atoms with van der Waals surface area (Å²) >= 11 is 0. The van der Waals surface area contributed by atoms with E-state index in [4.69, 9.17) is 23.7 Å². The summed E-state index contributed by atoms with van der Waals surface area (Å²) in [7, 11) is 0. The van der Waals surface area contributed by atoms with Gasteiger partial charge in [-0.05, 0) is 31.4 Å². The molecule has 2 bridgehead atoms. The first-order valence-corrected chi connectivity index (χ1v) is 14.5. The second kappa shape index (κ2) is 10.3. The maximum Gasteiger partial charge on any atom is 0.338 e. The number of ether oxygens (including phenoxy) is 5. The second-order valence-corrected chi connectivity index (χ2v) is 13.2. The third-order valence-electron chi connectivity index (χ3n) is 10.0. The van der Waals surface area contributed by atoms with Gasteiger partial charge < -0.3 is 33.9 Å². The van der Waals surface area contributed by atoms with Gasteiger partial charge in [-0.25, -0.2) is 4.79 Å². The zero-order chi connectivity index (χ0) is 30.1. The predicted molar refractivity (Wildman–Crippen MR) is 144 cm³/mol. The molecule has 0 amide bonds. The van der Waals surface area contributed by atoms with Crippen LogP contribution in [0.1, 0.15) is 71.7 Å². The van der Waals surface area contributed by atoms with Crippen LogP contribution in [0.2, 0.25) is 0 Å². The zero-order valence-corrected chi connectivity index (χ0v) is 24.7. The third-order valence-corrected chi connectivity index (χ3v) is 10.0. The second-order valence-electron chi connectivity index (χ2n) is 13.2. The van der Waals surface area contributed by atoms with E-state index in [-0.39, 0.29) is 12.3 Å². The highest BCUT2D eigenvalue weighted by Crippen LogP contribution is 2.62. The molecule has 1 aliphatic carbocycles. The summed E-state index contributed by atoms with van der Waals surface area (Å²) in [6.45, 7) is 11.7. The van der Waals surface area contributed by atoms with Crippen molar-refractivity contribution in [2.75, 3.05) is 0 Å². The van der Waals surface area contributed by atoms with Gasteiger partial charge >= 0.3 is 17.9 Å². The van der Waals surface area contributed by atoms with Crippen LogP contribution in [0.25, 0.3) is 0 Å². The van der Waals surface area contributed by atoms with E-state index >= 15 is 0 Å². The highest BCUT2D eigenvalue weighted by Gasteiger charge is 2.76. The molecule has 3 heterocycles. The van der Waals surface area contributed by atoms with E-state index in [2.05, 4.69) is 0 Å². The quantitative estimate of drug-likeness (QED) is 0.313. The van der Waals surface area contributed by atoms with Gasteiger partial charge in [0.05, 0.1) is 29.8 Å². The fraction of sp³-hybridized carbons (Fsp3) is 0.710. The van der Waals surface area contributed by atoms with Crippen LogP contribution in [0.3, 0.4) is 0 Å². The van der Waals surface area contributed by atoms with Crippen molar-refractivity contribution in [3.8, 4) is 0 Å². The highest BCUT2D eigenvalue weighted by atomic mass is 16.7. The minimum absolute atomic E-state index is 0.0730. The van der Waals surface area contributed by atoms with Gasteiger partial charge in [0, 0.05) is 31.6 Å². The Labute approximate surface area is 240 Å². The Morgan fingerprint density at radius 2 is 1.49 bits per heavy atom. The molecule has 2 N–H and O–H groups in total. The molecule has 3 saturated heterocycles. The number of rotatable bonds is 4. The maximum atomic E-state index is 13.3. The summed E-state index contributed by atoms with van der Waals surface area (Å²) in [4.78, 5) is 37.8. The molecule has 1 spiro atoms. The first kappa shape index (κ1) is 29.9. The van der Waals surface area contributed by atoms with Gasteiger partial charge in [-0.2, -0.15) is 0 Å². The molecule has 10 heteroatoms. The van der Waals surface area contributed by atoms with Crippen LogP contribution in [-0.4, -0.2) is 82.1 Å². The van der Waals surface area contributed by atoms with Crippen LogP contribution < -0.4 is 0 Å². The molecular weight excluding hydrogens is 532 g/mol. The van der Waals surface area contributed by atoms with E-state index < -0.39 is 89.1 Å². The number of esters is 3. The largest absolute Gasteiger partial charge is 0.462 e. The molecule has 3 aliphatic heterocycles. The minimum Gasteiger partial charge on any atom is -0.462 e. The number of epoxide rings is 1. The van der Waals surface area contributed by atoms with E-state index in [1.807, 2.05) is 26.8 Å². The summed E-state index contributed by atoms with van der Waals surface area (Å²) < 4.78 is 30.8. The molecule has 41 heavy (non-hydrogen) atoms. The summed E-state index contributed by atoms with van der Waals surface area (Å²) in [5.74, 6) is -2.91. The first-order valence-electron chi connectivity index (χ1n) is 14.5. The lowest BCUT2D eigenvalue weighted by Crippen LogP contribution is -2.53. The number of carbonyl (C=O) groups is 3. The lowest BCUT2D eigenvalue weighted by molar-refractivity contribution is -0.187. The van der Waals surface area contributed by atoms with Crippen LogP contribution in [0.15, 0.2) is 30.3 Å². The van der Waals surface area contributed by atoms with Gasteiger partial charge in [0.1, 0.15) is 35.6 Å². The van der Waals surface area contributed by atoms with Crippen LogP contribution in [0.4, 0.5) is 0 Å². The Kier molecular flexibility index (Phi) is 7.54. The third kappa shape index (κ3) is 4.86. The molecule has 1 aromatic rings.